The highest BCUT2D eigenvalue weighted by atomic mass is 32.1. The number of thiophene rings is 1. The number of carboxylic acids is 1. The molecule has 0 aliphatic carbocycles. The van der Waals surface area contributed by atoms with Crippen molar-refractivity contribution in [3.63, 3.8) is 0 Å². The van der Waals surface area contributed by atoms with Crippen LogP contribution in [0.25, 0.3) is 17.4 Å². The second-order valence-corrected chi connectivity index (χ2v) is 11.0. The van der Waals surface area contributed by atoms with Gasteiger partial charge in [0.2, 0.25) is 0 Å². The van der Waals surface area contributed by atoms with Crippen molar-refractivity contribution in [1.29, 1.82) is 0 Å². The van der Waals surface area contributed by atoms with Gasteiger partial charge in [-0.15, -0.1) is 11.3 Å². The molecule has 0 fully saturated rings. The topological polar surface area (TPSA) is 111 Å². The van der Waals surface area contributed by atoms with Gasteiger partial charge in [-0.1, -0.05) is 36.8 Å². The monoisotopic (exact) mass is 562 g/mol. The van der Waals surface area contributed by atoms with Gasteiger partial charge in [0.25, 0.3) is 5.56 Å². The first kappa shape index (κ1) is 26.6. The summed E-state index contributed by atoms with van der Waals surface area (Å²) < 4.78 is 13.4. The lowest BCUT2D eigenvalue weighted by molar-refractivity contribution is -0.139. The number of benzene rings is 1. The zero-order valence-electron chi connectivity index (χ0n) is 21.6. The van der Waals surface area contributed by atoms with Gasteiger partial charge in [-0.3, -0.25) is 9.36 Å². The number of aromatic nitrogens is 1. The molecule has 1 aliphatic heterocycles. The van der Waals surface area contributed by atoms with Gasteiger partial charge in [-0.25, -0.2) is 14.6 Å². The average Bonchev–Trinajstić information content (AvgIpc) is 3.66. The number of carbonyl (C=O) groups excluding carboxylic acids is 1. The normalized spacial score (nSPS) is 15.3. The maximum atomic E-state index is 13.8. The molecule has 200 valence electrons. The zero-order valence-corrected chi connectivity index (χ0v) is 23.2. The second-order valence-electron chi connectivity index (χ2n) is 8.97. The lowest BCUT2D eigenvalue weighted by Gasteiger charge is -2.24. The van der Waals surface area contributed by atoms with Gasteiger partial charge in [-0.2, -0.15) is 0 Å². The minimum Gasteiger partial charge on any atom is -0.478 e. The van der Waals surface area contributed by atoms with Crippen molar-refractivity contribution in [2.75, 3.05) is 6.61 Å². The number of rotatable bonds is 8. The van der Waals surface area contributed by atoms with Crippen molar-refractivity contribution >= 4 is 40.7 Å². The van der Waals surface area contributed by atoms with Crippen molar-refractivity contribution in [3.05, 3.63) is 101 Å². The Kier molecular flexibility index (Phi) is 7.49. The summed E-state index contributed by atoms with van der Waals surface area (Å²) >= 11 is 2.72. The molecule has 1 aliphatic rings. The van der Waals surface area contributed by atoms with E-state index in [1.165, 1.54) is 28.7 Å². The largest absolute Gasteiger partial charge is 0.478 e. The third kappa shape index (κ3) is 5.05. The Morgan fingerprint density at radius 2 is 2.03 bits per heavy atom. The van der Waals surface area contributed by atoms with E-state index >= 15 is 0 Å². The molecule has 1 aromatic carbocycles. The number of aryl methyl sites for hydroxylation is 1. The van der Waals surface area contributed by atoms with E-state index in [0.29, 0.717) is 38.5 Å². The van der Waals surface area contributed by atoms with Crippen molar-refractivity contribution in [3.8, 4) is 11.3 Å². The number of furan rings is 1. The number of carbonyl (C=O) groups is 2. The molecular weight excluding hydrogens is 536 g/mol. The van der Waals surface area contributed by atoms with Gasteiger partial charge in [0.1, 0.15) is 17.6 Å². The number of allylic oxidation sites excluding steroid dienone is 1. The number of ether oxygens (including phenoxy) is 1. The summed E-state index contributed by atoms with van der Waals surface area (Å²) in [6, 6.07) is 11.6. The number of nitrogens with zero attached hydrogens (tertiary/aromatic N) is 2. The number of thiazole rings is 1. The molecule has 0 unspecified atom stereocenters. The predicted molar refractivity (Wildman–Crippen MR) is 150 cm³/mol. The smallest absolute Gasteiger partial charge is 0.338 e. The zero-order chi connectivity index (χ0) is 27.7. The molecule has 4 aromatic rings. The molecule has 0 radical (unpaired) electrons. The molecule has 39 heavy (non-hydrogen) atoms. The van der Waals surface area contributed by atoms with Gasteiger partial charge in [-0.05, 0) is 61.5 Å². The lowest BCUT2D eigenvalue weighted by Crippen LogP contribution is -2.39. The Morgan fingerprint density at radius 3 is 2.69 bits per heavy atom. The standard InChI is InChI=1S/C29H26N2O6S2/c1-4-7-20-24(28(35)36-5-2)25(22-8-6-13-38-22)31-26(32)23(39-29(31)30-20)15-18-10-12-21(37-18)19-11-9-17(27(33)34)14-16(19)3/h6,8-15,25H,4-5,7H2,1-3H3,(H,33,34)/b23-15-/t25-/m0/s1. The highest BCUT2D eigenvalue weighted by Gasteiger charge is 2.34. The Morgan fingerprint density at radius 1 is 1.21 bits per heavy atom. The molecule has 0 saturated carbocycles. The van der Waals surface area contributed by atoms with Crippen LogP contribution >= 0.6 is 22.7 Å². The molecule has 0 saturated heterocycles. The first-order valence-corrected chi connectivity index (χ1v) is 14.2. The van der Waals surface area contributed by atoms with Gasteiger partial charge in [0, 0.05) is 16.5 Å². The van der Waals surface area contributed by atoms with Crippen molar-refractivity contribution < 1.29 is 23.8 Å². The van der Waals surface area contributed by atoms with Crippen molar-refractivity contribution in [1.82, 2.24) is 4.57 Å². The van der Waals surface area contributed by atoms with Crippen LogP contribution in [0.5, 0.6) is 0 Å². The van der Waals surface area contributed by atoms with E-state index in [1.54, 1.807) is 41.8 Å². The number of aromatic carboxylic acids is 1. The van der Waals surface area contributed by atoms with Gasteiger partial charge >= 0.3 is 11.9 Å². The summed E-state index contributed by atoms with van der Waals surface area (Å²) in [5.41, 5.74) is 2.51. The Bertz CT molecular complexity index is 1770. The van der Waals surface area contributed by atoms with E-state index < -0.39 is 18.0 Å². The molecule has 0 amide bonds. The molecule has 0 spiro atoms. The predicted octanol–water partition coefficient (Wildman–Crippen LogP) is 4.91. The van der Waals surface area contributed by atoms with Crippen LogP contribution in [-0.4, -0.2) is 28.2 Å². The number of hydrogen-bond acceptors (Lipinski definition) is 8. The van der Waals surface area contributed by atoms with Gasteiger partial charge in [0.15, 0.2) is 4.80 Å². The SMILES string of the molecule is CCCC1=C(C(=O)OCC)[C@H](c2cccs2)n2c(s/c(=C\c3ccc(-c4ccc(C(=O)O)cc4C)o3)c2=O)=N1. The molecule has 1 atom stereocenters. The number of esters is 1. The van der Waals surface area contributed by atoms with Crippen LogP contribution in [0.1, 0.15) is 59.3 Å². The maximum Gasteiger partial charge on any atom is 0.338 e. The molecule has 5 rings (SSSR count). The van der Waals surface area contributed by atoms with E-state index in [9.17, 15) is 19.5 Å². The van der Waals surface area contributed by atoms with Crippen molar-refractivity contribution in [2.24, 2.45) is 4.99 Å². The summed E-state index contributed by atoms with van der Waals surface area (Å²) in [6.07, 6.45) is 3.05. The van der Waals surface area contributed by atoms with E-state index in [-0.39, 0.29) is 17.7 Å². The van der Waals surface area contributed by atoms with Crippen LogP contribution in [0.3, 0.4) is 0 Å². The minimum atomic E-state index is -0.991. The average molecular weight is 563 g/mol. The molecule has 8 nitrogen and oxygen atoms in total. The van der Waals surface area contributed by atoms with Crippen LogP contribution in [-0.2, 0) is 9.53 Å². The van der Waals surface area contributed by atoms with E-state index in [0.717, 1.165) is 22.4 Å². The van der Waals surface area contributed by atoms with Crippen LogP contribution in [0, 0.1) is 6.92 Å². The first-order chi connectivity index (χ1) is 18.8. The molecule has 10 heteroatoms. The fourth-order valence-corrected chi connectivity index (χ4v) is 6.44. The quantitative estimate of drug-likeness (QED) is 0.306. The fraction of sp³-hybridized carbons (Fsp3) is 0.241. The van der Waals surface area contributed by atoms with E-state index in [1.807, 2.05) is 31.4 Å². The third-order valence-electron chi connectivity index (χ3n) is 6.34. The van der Waals surface area contributed by atoms with E-state index in [2.05, 4.69) is 0 Å². The first-order valence-electron chi connectivity index (χ1n) is 12.5. The maximum absolute atomic E-state index is 13.8. The minimum absolute atomic E-state index is 0.203. The highest BCUT2D eigenvalue weighted by molar-refractivity contribution is 7.10. The Balaban J connectivity index is 1.61. The third-order valence-corrected chi connectivity index (χ3v) is 8.25. The summed E-state index contributed by atoms with van der Waals surface area (Å²) in [7, 11) is 0. The Labute approximate surface area is 231 Å². The summed E-state index contributed by atoms with van der Waals surface area (Å²) in [5, 5.41) is 11.2. The molecule has 1 N–H and O–H groups in total. The van der Waals surface area contributed by atoms with Crippen LogP contribution in [0.2, 0.25) is 0 Å². The molecule has 4 heterocycles. The van der Waals surface area contributed by atoms with Crippen molar-refractivity contribution in [2.45, 2.75) is 39.7 Å². The van der Waals surface area contributed by atoms with Gasteiger partial charge in [0.05, 0.1) is 28.0 Å². The lowest BCUT2D eigenvalue weighted by atomic mass is 9.99. The van der Waals surface area contributed by atoms with Gasteiger partial charge < -0.3 is 14.3 Å². The fourth-order valence-electron chi connectivity index (χ4n) is 4.61. The Hall–Kier alpha value is -4.02. The van der Waals surface area contributed by atoms with E-state index in [4.69, 9.17) is 14.1 Å². The molecular formula is C29H26N2O6S2. The molecule has 3 aromatic heterocycles. The second kappa shape index (κ2) is 11.0. The number of hydrogen-bond donors (Lipinski definition) is 1. The summed E-state index contributed by atoms with van der Waals surface area (Å²) in [6.45, 7) is 5.82. The molecule has 0 bridgehead atoms. The highest BCUT2D eigenvalue weighted by Crippen LogP contribution is 2.34. The number of carboxylic acid groups (broad SMARTS) is 1. The summed E-state index contributed by atoms with van der Waals surface area (Å²) in [4.78, 5) is 44.3. The van der Waals surface area contributed by atoms with Crippen LogP contribution < -0.4 is 14.9 Å². The summed E-state index contributed by atoms with van der Waals surface area (Å²) in [5.74, 6) is -0.413. The van der Waals surface area contributed by atoms with Crippen LogP contribution in [0.4, 0.5) is 0 Å². The number of fused-ring (bicyclic) bond motifs is 1. The van der Waals surface area contributed by atoms with Crippen LogP contribution in [0.15, 0.2) is 73.3 Å².